The maximum atomic E-state index is 13.1. The fourth-order valence-corrected chi connectivity index (χ4v) is 4.45. The zero-order valence-electron chi connectivity index (χ0n) is 14.6. The van der Waals surface area contributed by atoms with Crippen molar-refractivity contribution in [1.29, 1.82) is 0 Å². The van der Waals surface area contributed by atoms with E-state index >= 15 is 0 Å². The number of amides is 3. The first-order chi connectivity index (χ1) is 12.0. The number of fused-ring (bicyclic) bond motifs is 1. The number of nitrogens with two attached hydrogens (primary N) is 1. The molecular weight excluding hydrogens is 336 g/mol. The number of para-hydroxylation sites is 1. The monoisotopic (exact) mass is 360 g/mol. The average molecular weight is 360 g/mol. The highest BCUT2D eigenvalue weighted by Gasteiger charge is 2.37. The number of aromatic nitrogens is 1. The van der Waals surface area contributed by atoms with Crippen molar-refractivity contribution >= 4 is 33.5 Å². The highest BCUT2D eigenvalue weighted by Crippen LogP contribution is 2.37. The van der Waals surface area contributed by atoms with Gasteiger partial charge in [-0.25, -0.2) is 9.78 Å². The number of nitrogens with zero attached hydrogens (tertiary/aromatic N) is 2. The van der Waals surface area contributed by atoms with E-state index in [9.17, 15) is 9.59 Å². The van der Waals surface area contributed by atoms with Gasteiger partial charge in [0.1, 0.15) is 11.0 Å². The standard InChI is InChI=1S/C18H24N4O2S/c1-3-11(2)15(21-18(19)24)17(23)22-10-6-8-13(22)16-20-12-7-4-5-9-14(12)25-16/h4-5,7,9,11,13,15H,3,6,8,10H2,1-2H3,(H3,19,21,24)/t11-,13+,15+/m0/s1. The molecule has 0 aliphatic carbocycles. The summed E-state index contributed by atoms with van der Waals surface area (Å²) in [7, 11) is 0. The second-order valence-corrected chi connectivity index (χ2v) is 7.64. The highest BCUT2D eigenvalue weighted by atomic mass is 32.1. The molecular formula is C18H24N4O2S. The second kappa shape index (κ2) is 7.39. The molecule has 3 atom stereocenters. The molecule has 3 N–H and O–H groups in total. The van der Waals surface area contributed by atoms with Crippen LogP contribution in [0.1, 0.15) is 44.2 Å². The van der Waals surface area contributed by atoms with Gasteiger partial charge in [-0.2, -0.15) is 0 Å². The molecule has 1 saturated heterocycles. The average Bonchev–Trinajstić information content (AvgIpc) is 3.24. The number of carbonyl (C=O) groups is 2. The molecule has 0 radical (unpaired) electrons. The molecule has 0 spiro atoms. The van der Waals surface area contributed by atoms with Gasteiger partial charge < -0.3 is 16.0 Å². The highest BCUT2D eigenvalue weighted by molar-refractivity contribution is 7.18. The van der Waals surface area contributed by atoms with Crippen molar-refractivity contribution in [2.45, 2.75) is 45.2 Å². The summed E-state index contributed by atoms with van der Waals surface area (Å²) in [6.07, 6.45) is 2.63. The van der Waals surface area contributed by atoms with Crippen LogP contribution in [0.15, 0.2) is 24.3 Å². The van der Waals surface area contributed by atoms with E-state index in [1.165, 1.54) is 0 Å². The Balaban J connectivity index is 1.86. The minimum Gasteiger partial charge on any atom is -0.352 e. The van der Waals surface area contributed by atoms with Gasteiger partial charge in [0, 0.05) is 6.54 Å². The molecule has 1 aliphatic heterocycles. The van der Waals surface area contributed by atoms with E-state index in [0.29, 0.717) is 6.54 Å². The zero-order chi connectivity index (χ0) is 18.0. The third-order valence-electron chi connectivity index (χ3n) is 4.91. The first-order valence-corrected chi connectivity index (χ1v) is 9.54. The van der Waals surface area contributed by atoms with Crippen LogP contribution in [-0.2, 0) is 4.79 Å². The van der Waals surface area contributed by atoms with Gasteiger partial charge in [-0.1, -0.05) is 32.4 Å². The van der Waals surface area contributed by atoms with Crippen molar-refractivity contribution in [3.8, 4) is 0 Å². The van der Waals surface area contributed by atoms with Gasteiger partial charge in [0.25, 0.3) is 0 Å². The Morgan fingerprint density at radius 1 is 1.44 bits per heavy atom. The van der Waals surface area contributed by atoms with Crippen LogP contribution in [-0.4, -0.2) is 34.4 Å². The maximum Gasteiger partial charge on any atom is 0.312 e. The van der Waals surface area contributed by atoms with Crippen LogP contribution in [0.5, 0.6) is 0 Å². The number of carbonyl (C=O) groups excluding carboxylic acids is 2. The largest absolute Gasteiger partial charge is 0.352 e. The van der Waals surface area contributed by atoms with Crippen LogP contribution in [0.4, 0.5) is 4.79 Å². The summed E-state index contributed by atoms with van der Waals surface area (Å²) in [6.45, 7) is 4.65. The minimum atomic E-state index is -0.658. The summed E-state index contributed by atoms with van der Waals surface area (Å²) in [5.41, 5.74) is 6.26. The van der Waals surface area contributed by atoms with Crippen molar-refractivity contribution in [3.63, 3.8) is 0 Å². The molecule has 1 aromatic heterocycles. The summed E-state index contributed by atoms with van der Waals surface area (Å²) in [5, 5.41) is 3.60. The van der Waals surface area contributed by atoms with E-state index in [1.54, 1.807) is 11.3 Å². The van der Waals surface area contributed by atoms with Crippen LogP contribution in [0.3, 0.4) is 0 Å². The molecule has 2 aromatic rings. The Hall–Kier alpha value is -2.15. The second-order valence-electron chi connectivity index (χ2n) is 6.58. The Morgan fingerprint density at radius 3 is 2.88 bits per heavy atom. The van der Waals surface area contributed by atoms with E-state index in [1.807, 2.05) is 43.0 Å². The number of rotatable bonds is 5. The lowest BCUT2D eigenvalue weighted by Gasteiger charge is -2.30. The molecule has 7 heteroatoms. The van der Waals surface area contributed by atoms with E-state index < -0.39 is 12.1 Å². The van der Waals surface area contributed by atoms with Gasteiger partial charge in [-0.15, -0.1) is 11.3 Å². The lowest BCUT2D eigenvalue weighted by atomic mass is 9.97. The number of urea groups is 1. The van der Waals surface area contributed by atoms with Crippen molar-refractivity contribution in [2.24, 2.45) is 11.7 Å². The van der Waals surface area contributed by atoms with E-state index in [0.717, 1.165) is 34.5 Å². The van der Waals surface area contributed by atoms with Crippen LogP contribution < -0.4 is 11.1 Å². The van der Waals surface area contributed by atoms with Crippen LogP contribution in [0.2, 0.25) is 0 Å². The first kappa shape index (κ1) is 17.7. The van der Waals surface area contributed by atoms with Gasteiger partial charge in [0.05, 0.1) is 16.3 Å². The molecule has 1 fully saturated rings. The Bertz CT molecular complexity index is 742. The van der Waals surface area contributed by atoms with Gasteiger partial charge in [-0.3, -0.25) is 4.79 Å². The molecule has 3 rings (SSSR count). The third kappa shape index (κ3) is 3.61. The summed E-state index contributed by atoms with van der Waals surface area (Å²) in [6, 6.07) is 6.75. The van der Waals surface area contributed by atoms with Crippen LogP contribution in [0, 0.1) is 5.92 Å². The fraction of sp³-hybridized carbons (Fsp3) is 0.500. The molecule has 0 unspecified atom stereocenters. The quantitative estimate of drug-likeness (QED) is 0.859. The molecule has 3 amide bonds. The van der Waals surface area contributed by atoms with Crippen LogP contribution in [0.25, 0.3) is 10.2 Å². The molecule has 0 saturated carbocycles. The summed E-state index contributed by atoms with van der Waals surface area (Å²) in [4.78, 5) is 31.1. The molecule has 25 heavy (non-hydrogen) atoms. The number of hydrogen-bond donors (Lipinski definition) is 2. The van der Waals surface area contributed by atoms with Gasteiger partial charge >= 0.3 is 6.03 Å². The van der Waals surface area contributed by atoms with Gasteiger partial charge in [0.2, 0.25) is 5.91 Å². The van der Waals surface area contributed by atoms with Crippen molar-refractivity contribution in [2.75, 3.05) is 6.54 Å². The molecule has 0 bridgehead atoms. The van der Waals surface area contributed by atoms with E-state index in [4.69, 9.17) is 10.7 Å². The number of likely N-dealkylation sites (tertiary alicyclic amines) is 1. The lowest BCUT2D eigenvalue weighted by Crippen LogP contribution is -2.52. The lowest BCUT2D eigenvalue weighted by molar-refractivity contribution is -0.135. The Labute approximate surface area is 151 Å². The fourth-order valence-electron chi connectivity index (χ4n) is 3.33. The predicted octanol–water partition coefficient (Wildman–Crippen LogP) is 3.04. The Kier molecular flexibility index (Phi) is 5.22. The summed E-state index contributed by atoms with van der Waals surface area (Å²) in [5.74, 6) is -0.0356. The van der Waals surface area contributed by atoms with Crippen LogP contribution >= 0.6 is 11.3 Å². The maximum absolute atomic E-state index is 13.1. The Morgan fingerprint density at radius 2 is 2.20 bits per heavy atom. The molecule has 2 heterocycles. The first-order valence-electron chi connectivity index (χ1n) is 8.73. The molecule has 1 aliphatic rings. The normalized spacial score (nSPS) is 19.8. The van der Waals surface area contributed by atoms with E-state index in [-0.39, 0.29) is 17.9 Å². The molecule has 134 valence electrons. The number of thiazole rings is 1. The number of hydrogen-bond acceptors (Lipinski definition) is 4. The number of primary amides is 1. The predicted molar refractivity (Wildman–Crippen MR) is 99.3 cm³/mol. The van der Waals surface area contributed by atoms with Crippen molar-refractivity contribution < 1.29 is 9.59 Å². The van der Waals surface area contributed by atoms with Gasteiger partial charge in [-0.05, 0) is 30.9 Å². The van der Waals surface area contributed by atoms with Crippen molar-refractivity contribution in [1.82, 2.24) is 15.2 Å². The molecule has 6 nitrogen and oxygen atoms in total. The van der Waals surface area contributed by atoms with E-state index in [2.05, 4.69) is 5.32 Å². The number of nitrogens with one attached hydrogen (secondary N) is 1. The topological polar surface area (TPSA) is 88.3 Å². The molecule has 1 aromatic carbocycles. The van der Waals surface area contributed by atoms with Gasteiger partial charge in [0.15, 0.2) is 0 Å². The third-order valence-corrected chi connectivity index (χ3v) is 6.05. The smallest absolute Gasteiger partial charge is 0.312 e. The summed E-state index contributed by atoms with van der Waals surface area (Å²) < 4.78 is 1.13. The van der Waals surface area contributed by atoms with Crippen molar-refractivity contribution in [3.05, 3.63) is 29.3 Å². The zero-order valence-corrected chi connectivity index (χ0v) is 15.4. The SMILES string of the molecule is CC[C@H](C)[C@@H](NC(N)=O)C(=O)N1CCC[C@@H]1c1nc2ccccc2s1. The minimum absolute atomic E-state index is 0.0221. The summed E-state index contributed by atoms with van der Waals surface area (Å²) >= 11 is 1.64. The number of benzene rings is 1.